The van der Waals surface area contributed by atoms with Crippen LogP contribution in [0.3, 0.4) is 0 Å². The third-order valence-electron chi connectivity index (χ3n) is 3.90. The van der Waals surface area contributed by atoms with Gasteiger partial charge >= 0.3 is 0 Å². The molecule has 7 nitrogen and oxygen atoms in total. The van der Waals surface area contributed by atoms with Crippen LogP contribution in [0.25, 0.3) is 11.0 Å². The predicted octanol–water partition coefficient (Wildman–Crippen LogP) is 1.39. The van der Waals surface area contributed by atoms with Gasteiger partial charge in [-0.15, -0.1) is 0 Å². The molecule has 1 N–H and O–H groups in total. The van der Waals surface area contributed by atoms with E-state index in [2.05, 4.69) is 19.2 Å². The Balaban J connectivity index is 1.39. The van der Waals surface area contributed by atoms with Gasteiger partial charge in [0.2, 0.25) is 0 Å². The zero-order valence-corrected chi connectivity index (χ0v) is 13.2. The van der Waals surface area contributed by atoms with E-state index in [-0.39, 0.29) is 5.91 Å². The molecule has 0 unspecified atom stereocenters. The van der Waals surface area contributed by atoms with Crippen molar-refractivity contribution in [1.29, 1.82) is 0 Å². The van der Waals surface area contributed by atoms with Crippen LogP contribution in [0.2, 0.25) is 0 Å². The van der Waals surface area contributed by atoms with Crippen LogP contribution in [0, 0.1) is 0 Å². The minimum atomic E-state index is -0.107. The van der Waals surface area contributed by atoms with Crippen molar-refractivity contribution in [2.45, 2.75) is 19.6 Å². The Morgan fingerprint density at radius 2 is 2.26 bits per heavy atom. The van der Waals surface area contributed by atoms with Gasteiger partial charge in [0.1, 0.15) is 11.0 Å². The van der Waals surface area contributed by atoms with Crippen molar-refractivity contribution in [2.75, 3.05) is 13.2 Å². The summed E-state index contributed by atoms with van der Waals surface area (Å²) >= 11 is 1.15. The van der Waals surface area contributed by atoms with Crippen LogP contribution in [0.5, 0.6) is 0 Å². The average molecular weight is 329 g/mol. The number of hydrogen-bond acceptors (Lipinski definition) is 6. The Labute approximate surface area is 136 Å². The fourth-order valence-electron chi connectivity index (χ4n) is 2.70. The van der Waals surface area contributed by atoms with E-state index in [4.69, 9.17) is 4.74 Å². The molecule has 3 aromatic rings. The number of nitrogens with one attached hydrogen (secondary N) is 1. The number of hydrogen-bond donors (Lipinski definition) is 1. The van der Waals surface area contributed by atoms with Crippen molar-refractivity contribution >= 4 is 28.7 Å². The highest BCUT2D eigenvalue weighted by molar-refractivity contribution is 7.00. The highest BCUT2D eigenvalue weighted by Gasteiger charge is 2.15. The summed E-state index contributed by atoms with van der Waals surface area (Å²) in [5, 5.41) is 7.29. The van der Waals surface area contributed by atoms with Crippen molar-refractivity contribution < 1.29 is 9.53 Å². The van der Waals surface area contributed by atoms with Crippen LogP contribution < -0.4 is 5.32 Å². The number of amides is 1. The molecule has 1 aromatic carbocycles. The quantitative estimate of drug-likeness (QED) is 0.782. The number of fused-ring (bicyclic) bond motifs is 2. The van der Waals surface area contributed by atoms with Crippen LogP contribution in [-0.2, 0) is 24.3 Å². The van der Waals surface area contributed by atoms with Gasteiger partial charge in [0.25, 0.3) is 5.91 Å². The molecule has 0 bridgehead atoms. The molecular formula is C15H15N5O2S. The minimum absolute atomic E-state index is 0.107. The molecule has 0 saturated heterocycles. The van der Waals surface area contributed by atoms with E-state index in [0.29, 0.717) is 25.3 Å². The number of aromatic nitrogens is 4. The predicted molar refractivity (Wildman–Crippen MR) is 85.3 cm³/mol. The number of carbonyl (C=O) groups excluding carboxylic acids is 1. The normalized spacial score (nSPS) is 13.9. The topological polar surface area (TPSA) is 81.9 Å². The van der Waals surface area contributed by atoms with E-state index < -0.39 is 0 Å². The van der Waals surface area contributed by atoms with Gasteiger partial charge in [0.05, 0.1) is 37.7 Å². The van der Waals surface area contributed by atoms with Crippen LogP contribution in [-0.4, -0.2) is 37.6 Å². The molecule has 1 aliphatic heterocycles. The Hall–Kier alpha value is -2.32. The van der Waals surface area contributed by atoms with Crippen LogP contribution in [0.15, 0.2) is 24.4 Å². The maximum atomic E-state index is 12.2. The standard InChI is InChI=1S/C15H15N5O2S/c21-15(10-1-2-12-13(7-10)19-23-18-12)16-4-5-20-14-3-6-22-9-11(14)8-17-20/h1-2,7-8H,3-6,9H2,(H,16,21). The lowest BCUT2D eigenvalue weighted by molar-refractivity contribution is 0.0950. The maximum absolute atomic E-state index is 12.2. The van der Waals surface area contributed by atoms with Crippen LogP contribution in [0.1, 0.15) is 21.6 Å². The molecule has 1 amide bonds. The zero-order valence-electron chi connectivity index (χ0n) is 12.4. The van der Waals surface area contributed by atoms with Crippen LogP contribution >= 0.6 is 11.7 Å². The summed E-state index contributed by atoms with van der Waals surface area (Å²) in [6, 6.07) is 5.35. The van der Waals surface area contributed by atoms with E-state index in [1.807, 2.05) is 16.9 Å². The van der Waals surface area contributed by atoms with Gasteiger partial charge in [-0.05, 0) is 18.2 Å². The summed E-state index contributed by atoms with van der Waals surface area (Å²) in [7, 11) is 0. The van der Waals surface area contributed by atoms with Gasteiger partial charge in [-0.2, -0.15) is 13.8 Å². The molecule has 23 heavy (non-hydrogen) atoms. The molecule has 2 aromatic heterocycles. The molecule has 0 radical (unpaired) electrons. The summed E-state index contributed by atoms with van der Waals surface area (Å²) in [4.78, 5) is 12.2. The highest BCUT2D eigenvalue weighted by Crippen LogP contribution is 2.16. The highest BCUT2D eigenvalue weighted by atomic mass is 32.1. The first kappa shape index (κ1) is 14.3. The number of nitrogens with zero attached hydrogens (tertiary/aromatic N) is 4. The van der Waals surface area contributed by atoms with E-state index in [9.17, 15) is 4.79 Å². The molecule has 0 aliphatic carbocycles. The van der Waals surface area contributed by atoms with E-state index in [1.54, 1.807) is 12.1 Å². The van der Waals surface area contributed by atoms with Crippen molar-refractivity contribution in [3.8, 4) is 0 Å². The second-order valence-electron chi connectivity index (χ2n) is 5.37. The molecular weight excluding hydrogens is 314 g/mol. The largest absolute Gasteiger partial charge is 0.376 e. The average Bonchev–Trinajstić information content (AvgIpc) is 3.21. The van der Waals surface area contributed by atoms with Crippen molar-refractivity contribution in [3.63, 3.8) is 0 Å². The number of rotatable bonds is 4. The third-order valence-corrected chi connectivity index (χ3v) is 4.46. The van der Waals surface area contributed by atoms with Gasteiger partial charge in [-0.1, -0.05) is 0 Å². The first-order chi connectivity index (χ1) is 11.3. The summed E-state index contributed by atoms with van der Waals surface area (Å²) in [6.07, 6.45) is 2.72. The molecule has 0 spiro atoms. The Bertz CT molecular complexity index is 857. The SMILES string of the molecule is O=C(NCCn1ncc2c1CCOC2)c1ccc2nsnc2c1. The monoisotopic (exact) mass is 329 g/mol. The molecule has 4 rings (SSSR count). The fraction of sp³-hybridized carbons (Fsp3) is 0.333. The molecule has 8 heteroatoms. The van der Waals surface area contributed by atoms with E-state index in [0.717, 1.165) is 41.4 Å². The van der Waals surface area contributed by atoms with Crippen molar-refractivity contribution in [2.24, 2.45) is 0 Å². The van der Waals surface area contributed by atoms with E-state index >= 15 is 0 Å². The Morgan fingerprint density at radius 1 is 1.35 bits per heavy atom. The molecule has 118 valence electrons. The number of carbonyl (C=O) groups is 1. The first-order valence-electron chi connectivity index (χ1n) is 7.43. The van der Waals surface area contributed by atoms with Gasteiger partial charge < -0.3 is 10.1 Å². The third kappa shape index (κ3) is 2.82. The summed E-state index contributed by atoms with van der Waals surface area (Å²) in [5.41, 5.74) is 4.52. The van der Waals surface area contributed by atoms with Crippen molar-refractivity contribution in [3.05, 3.63) is 41.2 Å². The Morgan fingerprint density at radius 3 is 3.22 bits per heavy atom. The molecule has 0 fully saturated rings. The summed E-state index contributed by atoms with van der Waals surface area (Å²) in [6.45, 7) is 2.54. The lowest BCUT2D eigenvalue weighted by Crippen LogP contribution is -2.28. The maximum Gasteiger partial charge on any atom is 0.251 e. The zero-order chi connectivity index (χ0) is 15.6. The summed E-state index contributed by atoms with van der Waals surface area (Å²) in [5.74, 6) is -0.107. The minimum Gasteiger partial charge on any atom is -0.376 e. The van der Waals surface area contributed by atoms with Gasteiger partial charge in [0.15, 0.2) is 0 Å². The Kier molecular flexibility index (Phi) is 3.76. The second-order valence-corrected chi connectivity index (χ2v) is 5.89. The van der Waals surface area contributed by atoms with Crippen molar-refractivity contribution in [1.82, 2.24) is 23.8 Å². The second kappa shape index (κ2) is 6.05. The smallest absolute Gasteiger partial charge is 0.251 e. The fourth-order valence-corrected chi connectivity index (χ4v) is 3.22. The molecule has 1 aliphatic rings. The molecule has 0 saturated carbocycles. The van der Waals surface area contributed by atoms with Gasteiger partial charge in [-0.3, -0.25) is 9.48 Å². The molecule has 0 atom stereocenters. The molecule has 3 heterocycles. The lowest BCUT2D eigenvalue weighted by Gasteiger charge is -2.14. The number of ether oxygens (including phenoxy) is 1. The van der Waals surface area contributed by atoms with Gasteiger partial charge in [0, 0.05) is 29.8 Å². The van der Waals surface area contributed by atoms with Gasteiger partial charge in [-0.25, -0.2) is 0 Å². The first-order valence-corrected chi connectivity index (χ1v) is 8.16. The van der Waals surface area contributed by atoms with Crippen LogP contribution in [0.4, 0.5) is 0 Å². The van der Waals surface area contributed by atoms with E-state index in [1.165, 1.54) is 5.69 Å². The summed E-state index contributed by atoms with van der Waals surface area (Å²) < 4.78 is 15.6. The lowest BCUT2D eigenvalue weighted by atomic mass is 10.2. The number of benzene rings is 1.